The Morgan fingerprint density at radius 3 is 2.67 bits per heavy atom. The second-order valence-corrected chi connectivity index (χ2v) is 5.29. The molecule has 8 nitrogen and oxygen atoms in total. The van der Waals surface area contributed by atoms with Gasteiger partial charge in [-0.1, -0.05) is 6.07 Å². The quantitative estimate of drug-likeness (QED) is 0.326. The minimum absolute atomic E-state index is 0.0488. The number of carbonyl (C=O) groups excluding carboxylic acids is 2. The molecular formula is C16H21N3O5. The summed E-state index contributed by atoms with van der Waals surface area (Å²) in [5.41, 5.74) is 0.675. The number of anilines is 1. The summed E-state index contributed by atoms with van der Waals surface area (Å²) in [7, 11) is 1.25. The highest BCUT2D eigenvalue weighted by atomic mass is 16.6. The van der Waals surface area contributed by atoms with Gasteiger partial charge in [0, 0.05) is 31.1 Å². The number of esters is 1. The van der Waals surface area contributed by atoms with Crippen molar-refractivity contribution in [3.63, 3.8) is 0 Å². The maximum absolute atomic E-state index is 11.6. The zero-order valence-corrected chi connectivity index (χ0v) is 13.9. The third-order valence-electron chi connectivity index (χ3n) is 2.95. The number of methoxy groups -OCH3 is 1. The predicted octanol–water partition coefficient (Wildman–Crippen LogP) is 2.11. The number of hydrogen-bond donors (Lipinski definition) is 2. The molecule has 0 aromatic heterocycles. The second-order valence-electron chi connectivity index (χ2n) is 5.29. The molecule has 1 aromatic rings. The number of nitro benzene ring substituents is 1. The zero-order valence-electron chi connectivity index (χ0n) is 13.9. The first-order chi connectivity index (χ1) is 11.3. The van der Waals surface area contributed by atoms with Gasteiger partial charge in [-0.15, -0.1) is 0 Å². The van der Waals surface area contributed by atoms with Crippen LogP contribution in [0.1, 0.15) is 25.8 Å². The monoisotopic (exact) mass is 335 g/mol. The van der Waals surface area contributed by atoms with Crippen molar-refractivity contribution in [2.75, 3.05) is 19.0 Å². The normalized spacial score (nSPS) is 10.7. The molecule has 0 heterocycles. The molecule has 0 atom stereocenters. The molecule has 0 aliphatic rings. The van der Waals surface area contributed by atoms with Crippen LogP contribution in [-0.2, 0) is 14.3 Å². The van der Waals surface area contributed by atoms with Gasteiger partial charge in [0.15, 0.2) is 0 Å². The van der Waals surface area contributed by atoms with E-state index in [1.54, 1.807) is 6.07 Å². The Morgan fingerprint density at radius 1 is 1.38 bits per heavy atom. The molecule has 0 spiro atoms. The van der Waals surface area contributed by atoms with Crippen LogP contribution in [0, 0.1) is 10.1 Å². The van der Waals surface area contributed by atoms with Crippen molar-refractivity contribution >= 4 is 29.3 Å². The third-order valence-corrected chi connectivity index (χ3v) is 2.95. The van der Waals surface area contributed by atoms with E-state index in [4.69, 9.17) is 0 Å². The maximum atomic E-state index is 11.6. The third kappa shape index (κ3) is 6.47. The lowest BCUT2D eigenvalue weighted by atomic mass is 10.1. The van der Waals surface area contributed by atoms with Crippen LogP contribution in [0.5, 0.6) is 0 Å². The number of ether oxygens (including phenoxy) is 1. The zero-order chi connectivity index (χ0) is 18.1. The molecule has 130 valence electrons. The molecule has 1 aromatic carbocycles. The van der Waals surface area contributed by atoms with Crippen molar-refractivity contribution in [3.05, 3.63) is 40.0 Å². The molecular weight excluding hydrogens is 314 g/mol. The summed E-state index contributed by atoms with van der Waals surface area (Å²) in [5.74, 6) is -0.672. The van der Waals surface area contributed by atoms with E-state index in [0.717, 1.165) is 0 Å². The number of carbonyl (C=O) groups is 2. The van der Waals surface area contributed by atoms with E-state index in [1.165, 1.54) is 31.4 Å². The molecule has 0 saturated carbocycles. The highest BCUT2D eigenvalue weighted by Gasteiger charge is 2.14. The molecule has 24 heavy (non-hydrogen) atoms. The first-order valence-corrected chi connectivity index (χ1v) is 7.41. The van der Waals surface area contributed by atoms with E-state index in [-0.39, 0.29) is 30.6 Å². The predicted molar refractivity (Wildman–Crippen MR) is 90.5 cm³/mol. The van der Waals surface area contributed by atoms with Crippen LogP contribution in [-0.4, -0.2) is 36.5 Å². The van der Waals surface area contributed by atoms with Gasteiger partial charge in [0.1, 0.15) is 5.69 Å². The summed E-state index contributed by atoms with van der Waals surface area (Å²) in [6, 6.07) is 4.56. The van der Waals surface area contributed by atoms with Crippen LogP contribution in [0.4, 0.5) is 11.4 Å². The Balaban J connectivity index is 2.77. The highest BCUT2D eigenvalue weighted by molar-refractivity contribution is 5.87. The van der Waals surface area contributed by atoms with Gasteiger partial charge in [-0.3, -0.25) is 14.9 Å². The van der Waals surface area contributed by atoms with Crippen molar-refractivity contribution in [3.8, 4) is 0 Å². The Morgan fingerprint density at radius 2 is 2.08 bits per heavy atom. The van der Waals surface area contributed by atoms with E-state index in [2.05, 4.69) is 15.4 Å². The number of benzene rings is 1. The smallest absolute Gasteiger partial charge is 0.330 e. The fourth-order valence-corrected chi connectivity index (χ4v) is 1.89. The van der Waals surface area contributed by atoms with Crippen molar-refractivity contribution in [2.24, 2.45) is 0 Å². The van der Waals surface area contributed by atoms with E-state index < -0.39 is 10.9 Å². The van der Waals surface area contributed by atoms with Gasteiger partial charge in [-0.25, -0.2) is 4.79 Å². The molecule has 1 amide bonds. The molecule has 2 N–H and O–H groups in total. The number of nitrogens with zero attached hydrogens (tertiary/aromatic N) is 1. The van der Waals surface area contributed by atoms with E-state index >= 15 is 0 Å². The van der Waals surface area contributed by atoms with Gasteiger partial charge in [-0.05, 0) is 31.6 Å². The summed E-state index contributed by atoms with van der Waals surface area (Å²) < 4.78 is 4.47. The highest BCUT2D eigenvalue weighted by Crippen LogP contribution is 2.26. The van der Waals surface area contributed by atoms with Crippen molar-refractivity contribution in [1.82, 2.24) is 5.32 Å². The van der Waals surface area contributed by atoms with Crippen LogP contribution < -0.4 is 10.6 Å². The van der Waals surface area contributed by atoms with Gasteiger partial charge in [0.25, 0.3) is 5.69 Å². The van der Waals surface area contributed by atoms with E-state index in [0.29, 0.717) is 11.3 Å². The summed E-state index contributed by atoms with van der Waals surface area (Å²) in [6.45, 7) is 3.99. The van der Waals surface area contributed by atoms with Gasteiger partial charge in [0.05, 0.1) is 12.0 Å². The number of nitro groups is 1. The number of nitrogens with one attached hydrogen (secondary N) is 2. The average molecular weight is 335 g/mol. The Hall–Kier alpha value is -2.90. The lowest BCUT2D eigenvalue weighted by Gasteiger charge is -2.10. The lowest BCUT2D eigenvalue weighted by molar-refractivity contribution is -0.384. The van der Waals surface area contributed by atoms with Gasteiger partial charge >= 0.3 is 5.97 Å². The molecule has 1 rings (SSSR count). The fraction of sp³-hybridized carbons (Fsp3) is 0.375. The van der Waals surface area contributed by atoms with Crippen LogP contribution in [0.2, 0.25) is 0 Å². The molecule has 0 aliphatic heterocycles. The molecule has 0 unspecified atom stereocenters. The van der Waals surface area contributed by atoms with Crippen molar-refractivity contribution in [2.45, 2.75) is 26.3 Å². The van der Waals surface area contributed by atoms with Crippen LogP contribution in [0.15, 0.2) is 24.3 Å². The summed E-state index contributed by atoms with van der Waals surface area (Å²) in [5, 5.41) is 16.8. The fourth-order valence-electron chi connectivity index (χ4n) is 1.89. The Bertz CT molecular complexity index is 641. The largest absolute Gasteiger partial charge is 0.466 e. The summed E-state index contributed by atoms with van der Waals surface area (Å²) >= 11 is 0. The number of amides is 1. The first-order valence-electron chi connectivity index (χ1n) is 7.41. The number of rotatable bonds is 8. The van der Waals surface area contributed by atoms with E-state index in [1.807, 2.05) is 13.8 Å². The first kappa shape index (κ1) is 19.1. The standard InChI is InChI=1S/C16H21N3O5/c1-11(2)18-15(20)8-9-17-13-6-4-12(5-7-16(21)24-3)10-14(13)19(22)23/h4-7,10-11,17H,8-9H2,1-3H3,(H,18,20)/b7-5+. The molecule has 8 heteroatoms. The molecule has 0 aliphatic carbocycles. The molecule has 0 radical (unpaired) electrons. The minimum atomic E-state index is -0.545. The Labute approximate surface area is 140 Å². The van der Waals surface area contributed by atoms with Gasteiger partial charge in [-0.2, -0.15) is 0 Å². The van der Waals surface area contributed by atoms with Crippen molar-refractivity contribution < 1.29 is 19.2 Å². The van der Waals surface area contributed by atoms with Gasteiger partial charge in [0.2, 0.25) is 5.91 Å². The molecule has 0 bridgehead atoms. The van der Waals surface area contributed by atoms with Crippen LogP contribution in [0.3, 0.4) is 0 Å². The molecule has 0 fully saturated rings. The lowest BCUT2D eigenvalue weighted by Crippen LogP contribution is -2.31. The van der Waals surface area contributed by atoms with E-state index in [9.17, 15) is 19.7 Å². The van der Waals surface area contributed by atoms with Crippen LogP contribution >= 0.6 is 0 Å². The average Bonchev–Trinajstić information content (AvgIpc) is 2.52. The van der Waals surface area contributed by atoms with Crippen molar-refractivity contribution in [1.29, 1.82) is 0 Å². The van der Waals surface area contributed by atoms with Gasteiger partial charge < -0.3 is 15.4 Å². The molecule has 0 saturated heterocycles. The Kier molecular flexibility index (Phi) is 7.41. The second kappa shape index (κ2) is 9.29. The number of hydrogen-bond acceptors (Lipinski definition) is 6. The van der Waals surface area contributed by atoms with Crippen LogP contribution in [0.25, 0.3) is 6.08 Å². The SMILES string of the molecule is COC(=O)/C=C/c1ccc(NCCC(=O)NC(C)C)c([N+](=O)[O-])c1. The summed E-state index contributed by atoms with van der Waals surface area (Å²) in [4.78, 5) is 33.3. The maximum Gasteiger partial charge on any atom is 0.330 e. The minimum Gasteiger partial charge on any atom is -0.466 e. The topological polar surface area (TPSA) is 111 Å². The summed E-state index contributed by atoms with van der Waals surface area (Å²) in [6.07, 6.45) is 2.82.